The minimum Gasteiger partial charge on any atom is -0.354 e. The third-order valence-electron chi connectivity index (χ3n) is 4.50. The quantitative estimate of drug-likeness (QED) is 0.630. The van der Waals surface area contributed by atoms with Crippen LogP contribution in [0.4, 0.5) is 5.82 Å². The number of anilines is 1. The molecule has 1 aromatic carbocycles. The van der Waals surface area contributed by atoms with Crippen LogP contribution in [0, 0.1) is 6.92 Å². The Kier molecular flexibility index (Phi) is 4.45. The molecule has 1 saturated heterocycles. The molecule has 1 aliphatic heterocycles. The van der Waals surface area contributed by atoms with E-state index in [1.807, 2.05) is 19.1 Å². The van der Waals surface area contributed by atoms with E-state index in [-0.39, 0.29) is 0 Å². The van der Waals surface area contributed by atoms with Gasteiger partial charge in [0.2, 0.25) is 10.0 Å². The molecule has 3 aromatic rings. The van der Waals surface area contributed by atoms with Crippen LogP contribution >= 0.6 is 15.9 Å². The first-order valence-corrected chi connectivity index (χ1v) is 10.5. The van der Waals surface area contributed by atoms with Crippen molar-refractivity contribution in [2.24, 2.45) is 0 Å². The fraction of sp³-hybridized carbons (Fsp3) is 0.294. The van der Waals surface area contributed by atoms with Crippen LogP contribution in [0.3, 0.4) is 0 Å². The van der Waals surface area contributed by atoms with E-state index in [2.05, 4.69) is 37.0 Å². The summed E-state index contributed by atoms with van der Waals surface area (Å²) in [6.07, 6.45) is 1.53. The fourth-order valence-corrected chi connectivity index (χ4v) is 5.21. The van der Waals surface area contributed by atoms with E-state index in [0.29, 0.717) is 31.1 Å². The Morgan fingerprint density at radius 3 is 2.58 bits per heavy atom. The lowest BCUT2D eigenvalue weighted by Gasteiger charge is -2.35. The first kappa shape index (κ1) is 17.4. The molecule has 0 radical (unpaired) electrons. The van der Waals surface area contributed by atoms with Crippen LogP contribution < -0.4 is 4.90 Å². The molecule has 2 aromatic heterocycles. The maximum Gasteiger partial charge on any atom is 0.243 e. The number of halogens is 1. The van der Waals surface area contributed by atoms with Crippen LogP contribution in [0.25, 0.3) is 5.65 Å². The molecule has 136 valence electrons. The van der Waals surface area contributed by atoms with Gasteiger partial charge in [-0.15, -0.1) is 0 Å². The van der Waals surface area contributed by atoms with E-state index in [0.717, 1.165) is 21.5 Å². The summed E-state index contributed by atoms with van der Waals surface area (Å²) in [5.74, 6) is 0.942. The second-order valence-electron chi connectivity index (χ2n) is 6.27. The summed E-state index contributed by atoms with van der Waals surface area (Å²) in [5, 5.41) is 4.29. The van der Waals surface area contributed by atoms with E-state index in [4.69, 9.17) is 0 Å². The van der Waals surface area contributed by atoms with Crippen molar-refractivity contribution in [3.05, 3.63) is 52.8 Å². The van der Waals surface area contributed by atoms with E-state index in [1.165, 1.54) is 6.33 Å². The third kappa shape index (κ3) is 3.10. The molecule has 1 aliphatic rings. The van der Waals surface area contributed by atoms with Crippen molar-refractivity contribution in [2.75, 3.05) is 31.1 Å². The number of sulfonamides is 1. The van der Waals surface area contributed by atoms with Crippen molar-refractivity contribution < 1.29 is 8.42 Å². The molecule has 0 amide bonds. The number of fused-ring (bicyclic) bond motifs is 1. The minimum atomic E-state index is -3.49. The molecule has 0 aliphatic carbocycles. The zero-order valence-electron chi connectivity index (χ0n) is 14.2. The molecule has 0 bridgehead atoms. The molecule has 3 heterocycles. The van der Waals surface area contributed by atoms with Gasteiger partial charge in [0, 0.05) is 30.7 Å². The van der Waals surface area contributed by atoms with Crippen LogP contribution in [0.2, 0.25) is 0 Å². The summed E-state index contributed by atoms with van der Waals surface area (Å²) < 4.78 is 29.8. The summed E-state index contributed by atoms with van der Waals surface area (Å²) in [6, 6.07) is 10.9. The van der Waals surface area contributed by atoms with Crippen molar-refractivity contribution in [1.29, 1.82) is 0 Å². The van der Waals surface area contributed by atoms with Gasteiger partial charge in [0.25, 0.3) is 0 Å². The molecule has 7 nitrogen and oxygen atoms in total. The highest BCUT2D eigenvalue weighted by Crippen LogP contribution is 2.24. The van der Waals surface area contributed by atoms with Crippen LogP contribution in [-0.4, -0.2) is 53.5 Å². The number of nitrogens with zero attached hydrogens (tertiary/aromatic N) is 5. The second-order valence-corrected chi connectivity index (χ2v) is 9.12. The molecule has 0 unspecified atom stereocenters. The van der Waals surface area contributed by atoms with Crippen LogP contribution in [-0.2, 0) is 10.0 Å². The predicted octanol–water partition coefficient (Wildman–Crippen LogP) is 2.31. The number of benzene rings is 1. The molecule has 1 fully saturated rings. The van der Waals surface area contributed by atoms with Crippen LogP contribution in [0.15, 0.2) is 52.1 Å². The summed E-state index contributed by atoms with van der Waals surface area (Å²) in [6.45, 7) is 4.08. The topological polar surface area (TPSA) is 70.8 Å². The highest BCUT2D eigenvalue weighted by Gasteiger charge is 2.29. The smallest absolute Gasteiger partial charge is 0.243 e. The summed E-state index contributed by atoms with van der Waals surface area (Å²) in [4.78, 5) is 6.72. The number of hydrogen-bond donors (Lipinski definition) is 0. The number of hydrogen-bond acceptors (Lipinski definition) is 5. The Bertz CT molecular complexity index is 1060. The standard InChI is InChI=1S/C17H18BrN5O2S/c1-13-9-16-19-12-20-23(16)17(10-13)21-5-7-22(8-6-21)26(24,25)15-4-2-3-14(18)11-15/h2-4,9-12H,5-8H2,1H3. The Hall–Kier alpha value is -1.97. The first-order chi connectivity index (χ1) is 12.4. The van der Waals surface area contributed by atoms with E-state index in [1.54, 1.807) is 27.0 Å². The Labute approximate surface area is 160 Å². The van der Waals surface area contributed by atoms with Gasteiger partial charge in [-0.05, 0) is 42.8 Å². The van der Waals surface area contributed by atoms with Crippen LogP contribution in [0.5, 0.6) is 0 Å². The molecule has 0 atom stereocenters. The molecular formula is C17H18BrN5O2S. The first-order valence-electron chi connectivity index (χ1n) is 8.26. The minimum absolute atomic E-state index is 0.314. The van der Waals surface area contributed by atoms with Gasteiger partial charge >= 0.3 is 0 Å². The maximum atomic E-state index is 12.9. The Morgan fingerprint density at radius 1 is 1.08 bits per heavy atom. The zero-order chi connectivity index (χ0) is 18.3. The van der Waals surface area contributed by atoms with Crippen molar-refractivity contribution in [3.63, 3.8) is 0 Å². The second kappa shape index (κ2) is 6.64. The lowest BCUT2D eigenvalue weighted by atomic mass is 10.2. The van der Waals surface area contributed by atoms with Crippen LogP contribution in [0.1, 0.15) is 5.56 Å². The Balaban J connectivity index is 1.56. The lowest BCUT2D eigenvalue weighted by Crippen LogP contribution is -2.49. The third-order valence-corrected chi connectivity index (χ3v) is 6.89. The fourth-order valence-electron chi connectivity index (χ4n) is 3.19. The van der Waals surface area contributed by atoms with E-state index in [9.17, 15) is 8.42 Å². The summed E-state index contributed by atoms with van der Waals surface area (Å²) >= 11 is 3.34. The van der Waals surface area contributed by atoms with Crippen molar-refractivity contribution in [3.8, 4) is 0 Å². The van der Waals surface area contributed by atoms with Gasteiger partial charge in [-0.2, -0.15) is 13.9 Å². The SMILES string of the molecule is Cc1cc(N2CCN(S(=O)(=O)c3cccc(Br)c3)CC2)n2ncnc2c1. The van der Waals surface area contributed by atoms with Gasteiger partial charge in [-0.25, -0.2) is 13.4 Å². The zero-order valence-corrected chi connectivity index (χ0v) is 16.6. The highest BCUT2D eigenvalue weighted by atomic mass is 79.9. The van der Waals surface area contributed by atoms with Crippen molar-refractivity contribution in [2.45, 2.75) is 11.8 Å². The molecular weight excluding hydrogens is 418 g/mol. The largest absolute Gasteiger partial charge is 0.354 e. The van der Waals surface area contributed by atoms with Gasteiger partial charge in [0.15, 0.2) is 5.65 Å². The normalized spacial score (nSPS) is 16.3. The average Bonchev–Trinajstić information content (AvgIpc) is 3.09. The maximum absolute atomic E-state index is 12.9. The highest BCUT2D eigenvalue weighted by molar-refractivity contribution is 9.10. The van der Waals surface area contributed by atoms with Crippen molar-refractivity contribution >= 4 is 37.4 Å². The molecule has 4 rings (SSSR count). The number of pyridine rings is 1. The number of rotatable bonds is 3. The van der Waals surface area contributed by atoms with Gasteiger partial charge in [0.1, 0.15) is 12.1 Å². The average molecular weight is 436 g/mol. The lowest BCUT2D eigenvalue weighted by molar-refractivity contribution is 0.383. The van der Waals surface area contributed by atoms with Gasteiger partial charge < -0.3 is 4.90 Å². The number of aryl methyl sites for hydroxylation is 1. The molecule has 9 heteroatoms. The van der Waals surface area contributed by atoms with Crippen molar-refractivity contribution in [1.82, 2.24) is 18.9 Å². The molecule has 0 spiro atoms. The number of aromatic nitrogens is 3. The summed E-state index contributed by atoms with van der Waals surface area (Å²) in [5.41, 5.74) is 1.90. The van der Waals surface area contributed by atoms with E-state index < -0.39 is 10.0 Å². The molecule has 0 N–H and O–H groups in total. The van der Waals surface area contributed by atoms with E-state index >= 15 is 0 Å². The van der Waals surface area contributed by atoms with Gasteiger partial charge in [0.05, 0.1) is 4.90 Å². The Morgan fingerprint density at radius 2 is 1.85 bits per heavy atom. The van der Waals surface area contributed by atoms with Gasteiger partial charge in [-0.1, -0.05) is 22.0 Å². The summed E-state index contributed by atoms with van der Waals surface area (Å²) in [7, 11) is -3.49. The molecule has 0 saturated carbocycles. The molecule has 26 heavy (non-hydrogen) atoms. The monoisotopic (exact) mass is 435 g/mol. The van der Waals surface area contributed by atoms with Gasteiger partial charge in [-0.3, -0.25) is 0 Å². The predicted molar refractivity (Wildman–Crippen MR) is 103 cm³/mol. The number of piperazine rings is 1.